The van der Waals surface area contributed by atoms with Crippen molar-refractivity contribution in [1.82, 2.24) is 0 Å². The number of phenols is 1. The second kappa shape index (κ2) is 11.1. The molecule has 0 saturated heterocycles. The van der Waals surface area contributed by atoms with E-state index in [-0.39, 0.29) is 6.61 Å². The highest BCUT2D eigenvalue weighted by molar-refractivity contribution is 5.44. The minimum Gasteiger partial charge on any atom is -0.508 e. The van der Waals surface area contributed by atoms with Crippen LogP contribution in [0.5, 0.6) is 5.75 Å². The summed E-state index contributed by atoms with van der Waals surface area (Å²) in [6.45, 7) is 8.54. The molecule has 0 aliphatic rings. The summed E-state index contributed by atoms with van der Waals surface area (Å²) in [5, 5.41) is 20.0. The van der Waals surface area contributed by atoms with E-state index < -0.39 is 0 Å². The molecule has 1 rings (SSSR count). The van der Waals surface area contributed by atoms with Gasteiger partial charge in [0.15, 0.2) is 0 Å². The Hall–Kier alpha value is -1.54. The van der Waals surface area contributed by atoms with E-state index in [1.165, 1.54) is 24.0 Å². The summed E-state index contributed by atoms with van der Waals surface area (Å²) >= 11 is 0. The van der Waals surface area contributed by atoms with Crippen molar-refractivity contribution < 1.29 is 10.2 Å². The summed E-state index contributed by atoms with van der Waals surface area (Å²) in [5.41, 5.74) is 5.51. The van der Waals surface area contributed by atoms with Crippen LogP contribution in [0, 0.1) is 0 Å². The van der Waals surface area contributed by atoms with Gasteiger partial charge < -0.3 is 10.2 Å². The zero-order chi connectivity index (χ0) is 17.9. The van der Waals surface area contributed by atoms with Crippen LogP contribution in [-0.4, -0.2) is 10.2 Å². The highest BCUT2D eigenvalue weighted by atomic mass is 16.3. The number of unbranched alkanes of at least 4 members (excludes halogenated alkanes) is 2. The Balaban J connectivity index is 2.78. The highest BCUT2D eigenvalue weighted by Crippen LogP contribution is 2.26. The van der Waals surface area contributed by atoms with Gasteiger partial charge in [0.05, 0.1) is 6.61 Å². The van der Waals surface area contributed by atoms with Gasteiger partial charge >= 0.3 is 0 Å². The molecule has 0 aromatic heterocycles. The maximum Gasteiger partial charge on any atom is 0.119 e. The summed E-state index contributed by atoms with van der Waals surface area (Å²) in [6.07, 6.45) is 11.7. The predicted molar refractivity (Wildman–Crippen MR) is 103 cm³/mol. The minimum atomic E-state index is -0.0187. The molecular formula is C22H34O2. The molecule has 0 radical (unpaired) electrons. The topological polar surface area (TPSA) is 40.5 Å². The molecule has 0 spiro atoms. The van der Waals surface area contributed by atoms with Gasteiger partial charge in [0.1, 0.15) is 5.75 Å². The Morgan fingerprint density at radius 1 is 1.08 bits per heavy atom. The van der Waals surface area contributed by atoms with Gasteiger partial charge in [0.2, 0.25) is 0 Å². The number of phenolic OH excluding ortho intramolecular Hbond substituents is 1. The third-order valence-electron chi connectivity index (χ3n) is 4.36. The van der Waals surface area contributed by atoms with E-state index in [2.05, 4.69) is 45.9 Å². The van der Waals surface area contributed by atoms with Gasteiger partial charge in [-0.05, 0) is 70.1 Å². The summed E-state index contributed by atoms with van der Waals surface area (Å²) < 4.78 is 0. The molecule has 134 valence electrons. The number of rotatable bonds is 10. The van der Waals surface area contributed by atoms with Crippen LogP contribution >= 0.6 is 0 Å². The second-order valence-corrected chi connectivity index (χ2v) is 6.94. The zero-order valence-electron chi connectivity index (χ0n) is 15.9. The summed E-state index contributed by atoms with van der Waals surface area (Å²) in [7, 11) is 0. The van der Waals surface area contributed by atoms with Crippen molar-refractivity contribution >= 4 is 0 Å². The molecule has 0 atom stereocenters. The number of hydrogen-bond acceptors (Lipinski definition) is 2. The number of aryl methyl sites for hydroxylation is 1. The Kier molecular flexibility index (Phi) is 9.48. The lowest BCUT2D eigenvalue weighted by Crippen LogP contribution is -1.98. The van der Waals surface area contributed by atoms with Gasteiger partial charge in [0.25, 0.3) is 0 Å². The van der Waals surface area contributed by atoms with Crippen LogP contribution in [0.2, 0.25) is 0 Å². The lowest BCUT2D eigenvalue weighted by atomic mass is 9.96. The molecule has 0 amide bonds. The molecule has 0 heterocycles. The SMILES string of the molecule is CCCCCc1cc(O)c(C/C=C(\C)CCC=C(C)C)c(CO)c1. The predicted octanol–water partition coefficient (Wildman–Crippen LogP) is 5.85. The first-order valence-corrected chi connectivity index (χ1v) is 9.21. The van der Waals surface area contributed by atoms with Crippen molar-refractivity contribution in [1.29, 1.82) is 0 Å². The lowest BCUT2D eigenvalue weighted by Gasteiger charge is -2.12. The number of benzene rings is 1. The maximum absolute atomic E-state index is 10.4. The molecule has 2 heteroatoms. The summed E-state index contributed by atoms with van der Waals surface area (Å²) in [4.78, 5) is 0. The van der Waals surface area contributed by atoms with Crippen LogP contribution in [0.3, 0.4) is 0 Å². The first-order valence-electron chi connectivity index (χ1n) is 9.21. The van der Waals surface area contributed by atoms with Crippen molar-refractivity contribution in [3.63, 3.8) is 0 Å². The van der Waals surface area contributed by atoms with Crippen molar-refractivity contribution in [2.24, 2.45) is 0 Å². The average molecular weight is 331 g/mol. The van der Waals surface area contributed by atoms with Crippen LogP contribution in [-0.2, 0) is 19.4 Å². The molecule has 0 aliphatic carbocycles. The van der Waals surface area contributed by atoms with E-state index in [4.69, 9.17) is 0 Å². The lowest BCUT2D eigenvalue weighted by molar-refractivity contribution is 0.279. The Morgan fingerprint density at radius 2 is 1.83 bits per heavy atom. The standard InChI is InChI=1S/C22H34O2/c1-5-6-7-11-19-14-20(16-23)21(22(24)15-19)13-12-18(4)10-8-9-17(2)3/h9,12,14-15,23-24H,5-8,10-11,13,16H2,1-4H3/b18-12+. The van der Waals surface area contributed by atoms with Crippen LogP contribution < -0.4 is 0 Å². The molecule has 2 N–H and O–H groups in total. The molecule has 24 heavy (non-hydrogen) atoms. The normalized spacial score (nSPS) is 11.6. The van der Waals surface area contributed by atoms with E-state index in [0.717, 1.165) is 42.4 Å². The molecule has 2 nitrogen and oxygen atoms in total. The third-order valence-corrected chi connectivity index (χ3v) is 4.36. The van der Waals surface area contributed by atoms with Crippen molar-refractivity contribution in [3.8, 4) is 5.75 Å². The quantitative estimate of drug-likeness (QED) is 0.417. The second-order valence-electron chi connectivity index (χ2n) is 6.94. The van der Waals surface area contributed by atoms with Crippen molar-refractivity contribution in [2.75, 3.05) is 0 Å². The van der Waals surface area contributed by atoms with E-state index in [1.807, 2.05) is 6.07 Å². The monoisotopic (exact) mass is 330 g/mol. The Labute approximate surface area is 147 Å². The van der Waals surface area contributed by atoms with E-state index in [0.29, 0.717) is 12.2 Å². The third kappa shape index (κ3) is 7.35. The van der Waals surface area contributed by atoms with Gasteiger partial charge in [0, 0.05) is 5.56 Å². The molecule has 0 saturated carbocycles. The molecule has 0 fully saturated rings. The van der Waals surface area contributed by atoms with E-state index in [1.54, 1.807) is 0 Å². The fraction of sp³-hybridized carbons (Fsp3) is 0.545. The van der Waals surface area contributed by atoms with Gasteiger partial charge in [-0.25, -0.2) is 0 Å². The van der Waals surface area contributed by atoms with Crippen LogP contribution in [0.15, 0.2) is 35.4 Å². The first-order chi connectivity index (χ1) is 11.5. The number of allylic oxidation sites excluding steroid dienone is 4. The Bertz CT molecular complexity index is 564. The Morgan fingerprint density at radius 3 is 2.46 bits per heavy atom. The molecular weight excluding hydrogens is 296 g/mol. The largest absolute Gasteiger partial charge is 0.508 e. The molecule has 1 aromatic carbocycles. The number of aliphatic hydroxyl groups excluding tert-OH is 1. The van der Waals surface area contributed by atoms with E-state index >= 15 is 0 Å². The average Bonchev–Trinajstić information content (AvgIpc) is 2.53. The number of hydrogen-bond donors (Lipinski definition) is 2. The number of aromatic hydroxyl groups is 1. The molecule has 0 bridgehead atoms. The summed E-state index contributed by atoms with van der Waals surface area (Å²) in [6, 6.07) is 3.92. The van der Waals surface area contributed by atoms with Gasteiger partial charge in [-0.3, -0.25) is 0 Å². The zero-order valence-corrected chi connectivity index (χ0v) is 15.9. The fourth-order valence-electron chi connectivity index (χ4n) is 2.85. The van der Waals surface area contributed by atoms with Crippen LogP contribution in [0.4, 0.5) is 0 Å². The minimum absolute atomic E-state index is 0.0187. The molecule has 0 unspecified atom stereocenters. The maximum atomic E-state index is 10.4. The van der Waals surface area contributed by atoms with Crippen LogP contribution in [0.1, 0.15) is 76.5 Å². The van der Waals surface area contributed by atoms with Gasteiger partial charge in [-0.1, -0.05) is 49.1 Å². The smallest absolute Gasteiger partial charge is 0.119 e. The number of aliphatic hydroxyl groups is 1. The van der Waals surface area contributed by atoms with Crippen LogP contribution in [0.25, 0.3) is 0 Å². The first kappa shape index (κ1) is 20.5. The molecule has 1 aromatic rings. The highest BCUT2D eigenvalue weighted by Gasteiger charge is 2.09. The van der Waals surface area contributed by atoms with Gasteiger partial charge in [-0.2, -0.15) is 0 Å². The van der Waals surface area contributed by atoms with Gasteiger partial charge in [-0.15, -0.1) is 0 Å². The van der Waals surface area contributed by atoms with E-state index in [9.17, 15) is 10.2 Å². The molecule has 0 aliphatic heterocycles. The summed E-state index contributed by atoms with van der Waals surface area (Å²) in [5.74, 6) is 0.321. The van der Waals surface area contributed by atoms with Crippen molar-refractivity contribution in [3.05, 3.63) is 52.1 Å². The fourth-order valence-corrected chi connectivity index (χ4v) is 2.85. The van der Waals surface area contributed by atoms with Crippen molar-refractivity contribution in [2.45, 2.75) is 79.2 Å².